The molecule has 0 amide bonds. The summed E-state index contributed by atoms with van der Waals surface area (Å²) in [4.78, 5) is 16.0. The predicted molar refractivity (Wildman–Crippen MR) is 83.8 cm³/mol. The maximum atomic E-state index is 11.6. The first-order valence-corrected chi connectivity index (χ1v) is 6.24. The molecule has 6 heteroatoms. The van der Waals surface area contributed by atoms with Crippen molar-refractivity contribution in [3.8, 4) is 11.1 Å². The minimum absolute atomic E-state index is 0. The molecule has 0 unspecified atom stereocenters. The number of rotatable bonds is 1. The lowest BCUT2D eigenvalue weighted by atomic mass is 10.1. The van der Waals surface area contributed by atoms with Crippen LogP contribution in [-0.2, 0) is 0 Å². The van der Waals surface area contributed by atoms with Crippen molar-refractivity contribution in [2.24, 2.45) is 0 Å². The molecular formula is C15H11ClN4O. The van der Waals surface area contributed by atoms with Crippen LogP contribution in [0.1, 0.15) is 0 Å². The Kier molecular flexibility index (Phi) is 3.19. The molecule has 1 N–H and O–H groups in total. The molecule has 0 radical (unpaired) electrons. The third-order valence-corrected chi connectivity index (χ3v) is 3.35. The number of aromatic amines is 1. The van der Waals surface area contributed by atoms with Gasteiger partial charge in [0.1, 0.15) is 0 Å². The summed E-state index contributed by atoms with van der Waals surface area (Å²) < 4.78 is 1.48. The van der Waals surface area contributed by atoms with E-state index in [1.54, 1.807) is 6.20 Å². The van der Waals surface area contributed by atoms with Gasteiger partial charge in [-0.15, -0.1) is 12.4 Å². The van der Waals surface area contributed by atoms with E-state index < -0.39 is 0 Å². The standard InChI is InChI=1S/C15H10N4O.ClH/c20-15-18-17-14-12-8-11(10-4-2-1-3-5-10)9-16-13(12)6-7-19(14)15;/h1-9H,(H,18,20);1H. The van der Waals surface area contributed by atoms with E-state index in [-0.39, 0.29) is 18.1 Å². The first-order valence-electron chi connectivity index (χ1n) is 6.24. The van der Waals surface area contributed by atoms with Gasteiger partial charge in [0.25, 0.3) is 0 Å². The highest BCUT2D eigenvalue weighted by atomic mass is 35.5. The third kappa shape index (κ3) is 2.08. The molecule has 5 nitrogen and oxygen atoms in total. The second kappa shape index (κ2) is 5.03. The molecule has 1 aromatic carbocycles. The smallest absolute Gasteiger partial charge is 0.255 e. The minimum atomic E-state index is -0.244. The van der Waals surface area contributed by atoms with Gasteiger partial charge in [-0.3, -0.25) is 4.98 Å². The number of nitrogens with one attached hydrogen (secondary N) is 1. The predicted octanol–water partition coefficient (Wildman–Crippen LogP) is 2.66. The number of hydrogen-bond donors (Lipinski definition) is 1. The number of benzene rings is 1. The highest BCUT2D eigenvalue weighted by Crippen LogP contribution is 2.23. The molecule has 0 saturated carbocycles. The molecule has 3 aromatic heterocycles. The van der Waals surface area contributed by atoms with E-state index >= 15 is 0 Å². The SMILES string of the molecule is Cl.O=c1[nH]nc2c3cc(-c4ccccc4)cnc3ccn12. The fourth-order valence-electron chi connectivity index (χ4n) is 2.35. The first kappa shape index (κ1) is 13.3. The zero-order valence-corrected chi connectivity index (χ0v) is 11.7. The van der Waals surface area contributed by atoms with Crippen LogP contribution in [0.2, 0.25) is 0 Å². The van der Waals surface area contributed by atoms with E-state index in [0.717, 1.165) is 22.0 Å². The van der Waals surface area contributed by atoms with Crippen molar-refractivity contribution in [2.75, 3.05) is 0 Å². The number of aromatic nitrogens is 4. The van der Waals surface area contributed by atoms with Gasteiger partial charge in [0.15, 0.2) is 5.65 Å². The number of H-pyrrole nitrogens is 1. The lowest BCUT2D eigenvalue weighted by molar-refractivity contribution is 1.02. The summed E-state index contributed by atoms with van der Waals surface area (Å²) in [6.45, 7) is 0. The van der Waals surface area contributed by atoms with E-state index in [4.69, 9.17) is 0 Å². The van der Waals surface area contributed by atoms with E-state index in [1.807, 2.05) is 48.7 Å². The van der Waals surface area contributed by atoms with Gasteiger partial charge in [0.2, 0.25) is 0 Å². The lowest BCUT2D eigenvalue weighted by Gasteiger charge is -2.04. The second-order valence-corrected chi connectivity index (χ2v) is 4.56. The van der Waals surface area contributed by atoms with Crippen molar-refractivity contribution in [1.82, 2.24) is 19.6 Å². The summed E-state index contributed by atoms with van der Waals surface area (Å²) in [5.41, 5.74) is 3.25. The maximum absolute atomic E-state index is 11.6. The second-order valence-electron chi connectivity index (χ2n) is 4.56. The third-order valence-electron chi connectivity index (χ3n) is 3.35. The van der Waals surface area contributed by atoms with Crippen LogP contribution in [0.3, 0.4) is 0 Å². The van der Waals surface area contributed by atoms with Crippen molar-refractivity contribution in [1.29, 1.82) is 0 Å². The Morgan fingerprint density at radius 2 is 1.86 bits per heavy atom. The molecule has 0 fully saturated rings. The van der Waals surface area contributed by atoms with Crippen LogP contribution in [0, 0.1) is 0 Å². The number of nitrogens with zero attached hydrogens (tertiary/aromatic N) is 3. The summed E-state index contributed by atoms with van der Waals surface area (Å²) in [7, 11) is 0. The average Bonchev–Trinajstić information content (AvgIpc) is 2.89. The molecule has 4 rings (SSSR count). The highest BCUT2D eigenvalue weighted by Gasteiger charge is 2.07. The molecule has 0 bridgehead atoms. The largest absolute Gasteiger partial charge is 0.347 e. The van der Waals surface area contributed by atoms with Gasteiger partial charge in [0.05, 0.1) is 5.52 Å². The highest BCUT2D eigenvalue weighted by molar-refractivity contribution is 5.93. The van der Waals surface area contributed by atoms with Gasteiger partial charge >= 0.3 is 5.69 Å². The van der Waals surface area contributed by atoms with Crippen LogP contribution in [0.5, 0.6) is 0 Å². The number of pyridine rings is 2. The quantitative estimate of drug-likeness (QED) is 0.587. The fourth-order valence-corrected chi connectivity index (χ4v) is 2.35. The zero-order chi connectivity index (χ0) is 13.5. The molecule has 3 heterocycles. The van der Waals surface area contributed by atoms with Crippen molar-refractivity contribution < 1.29 is 0 Å². The normalized spacial score (nSPS) is 10.7. The zero-order valence-electron chi connectivity index (χ0n) is 10.9. The van der Waals surface area contributed by atoms with Gasteiger partial charge in [-0.05, 0) is 17.7 Å². The van der Waals surface area contributed by atoms with E-state index in [1.165, 1.54) is 4.40 Å². The average molecular weight is 299 g/mol. The number of halogens is 1. The van der Waals surface area contributed by atoms with Crippen molar-refractivity contribution in [3.05, 3.63) is 65.3 Å². The van der Waals surface area contributed by atoms with Crippen LogP contribution in [0.15, 0.2) is 59.7 Å². The number of fused-ring (bicyclic) bond motifs is 3. The van der Waals surface area contributed by atoms with Crippen molar-refractivity contribution in [3.63, 3.8) is 0 Å². The molecule has 0 saturated heterocycles. The Morgan fingerprint density at radius 3 is 2.67 bits per heavy atom. The molecule has 0 spiro atoms. The monoisotopic (exact) mass is 298 g/mol. The fraction of sp³-hybridized carbons (Fsp3) is 0. The van der Waals surface area contributed by atoms with Crippen LogP contribution < -0.4 is 5.69 Å². The molecule has 0 atom stereocenters. The molecule has 21 heavy (non-hydrogen) atoms. The first-order chi connectivity index (χ1) is 9.83. The van der Waals surface area contributed by atoms with Gasteiger partial charge in [-0.1, -0.05) is 30.3 Å². The van der Waals surface area contributed by atoms with Gasteiger partial charge in [-0.25, -0.2) is 14.3 Å². The lowest BCUT2D eigenvalue weighted by Crippen LogP contribution is -2.08. The van der Waals surface area contributed by atoms with Gasteiger partial charge in [-0.2, -0.15) is 5.10 Å². The van der Waals surface area contributed by atoms with Crippen molar-refractivity contribution in [2.45, 2.75) is 0 Å². The van der Waals surface area contributed by atoms with Gasteiger partial charge in [0, 0.05) is 23.3 Å². The Labute approximate surface area is 125 Å². The van der Waals surface area contributed by atoms with E-state index in [2.05, 4.69) is 15.2 Å². The molecule has 0 aliphatic rings. The van der Waals surface area contributed by atoms with Crippen LogP contribution in [0.4, 0.5) is 0 Å². The molecule has 104 valence electrons. The summed E-state index contributed by atoms with van der Waals surface area (Å²) >= 11 is 0. The Balaban J connectivity index is 0.00000132. The Bertz CT molecular complexity index is 975. The summed E-state index contributed by atoms with van der Waals surface area (Å²) in [6.07, 6.45) is 3.51. The Hall–Kier alpha value is -2.66. The molecule has 0 aliphatic carbocycles. The Morgan fingerprint density at radius 1 is 1.05 bits per heavy atom. The summed E-state index contributed by atoms with van der Waals surface area (Å²) in [6, 6.07) is 13.8. The molecule has 0 aliphatic heterocycles. The van der Waals surface area contributed by atoms with Gasteiger partial charge < -0.3 is 0 Å². The van der Waals surface area contributed by atoms with E-state index in [9.17, 15) is 4.79 Å². The van der Waals surface area contributed by atoms with Crippen molar-refractivity contribution >= 4 is 29.0 Å². The van der Waals surface area contributed by atoms with E-state index in [0.29, 0.717) is 5.65 Å². The topological polar surface area (TPSA) is 63.0 Å². The van der Waals surface area contributed by atoms with Crippen LogP contribution >= 0.6 is 12.4 Å². The van der Waals surface area contributed by atoms with Crippen LogP contribution in [0.25, 0.3) is 27.7 Å². The minimum Gasteiger partial charge on any atom is -0.255 e. The summed E-state index contributed by atoms with van der Waals surface area (Å²) in [5, 5.41) is 7.38. The molecular weight excluding hydrogens is 288 g/mol. The number of hydrogen-bond acceptors (Lipinski definition) is 3. The van der Waals surface area contributed by atoms with Crippen LogP contribution in [-0.4, -0.2) is 19.6 Å². The maximum Gasteiger partial charge on any atom is 0.347 e. The molecule has 4 aromatic rings. The summed E-state index contributed by atoms with van der Waals surface area (Å²) in [5.74, 6) is 0.